The quantitative estimate of drug-likeness (QED) is 0.0312. The molecule has 1 heterocycles. The van der Waals surface area contributed by atoms with Gasteiger partial charge in [-0.25, -0.2) is 13.1 Å². The van der Waals surface area contributed by atoms with Crippen LogP contribution in [0.25, 0.3) is 43.9 Å². The van der Waals surface area contributed by atoms with E-state index >= 15 is 0 Å². The van der Waals surface area contributed by atoms with Crippen molar-refractivity contribution in [3.05, 3.63) is 70.4 Å². The van der Waals surface area contributed by atoms with Gasteiger partial charge in [0.2, 0.25) is 10.0 Å². The molecular formula is C31H38N6O9S2. The van der Waals surface area contributed by atoms with Crippen molar-refractivity contribution < 1.29 is 40.0 Å². The van der Waals surface area contributed by atoms with Crippen LogP contribution in [0.1, 0.15) is 13.8 Å². The lowest BCUT2D eigenvalue weighted by Gasteiger charge is -2.22. The Labute approximate surface area is 278 Å². The summed E-state index contributed by atoms with van der Waals surface area (Å²) < 4.78 is 86.6. The fraction of sp³-hybridized carbons (Fsp3) is 0.387. The van der Waals surface area contributed by atoms with E-state index in [-0.39, 0.29) is 48.7 Å². The molecule has 4 rings (SSSR count). The Morgan fingerprint density at radius 2 is 1.56 bits per heavy atom. The number of rotatable bonds is 19. The van der Waals surface area contributed by atoms with Gasteiger partial charge in [-0.1, -0.05) is 11.2 Å². The lowest BCUT2D eigenvalue weighted by atomic mass is 9.93. The number of azide groups is 1. The van der Waals surface area contributed by atoms with Gasteiger partial charge in [0.05, 0.1) is 49.9 Å². The molecule has 0 aromatic heterocycles. The Kier molecular flexibility index (Phi) is 12.9. The van der Waals surface area contributed by atoms with Crippen LogP contribution in [0.3, 0.4) is 0 Å². The van der Waals surface area contributed by atoms with Crippen molar-refractivity contribution in [1.29, 1.82) is 5.41 Å². The number of anilines is 1. The van der Waals surface area contributed by atoms with Crippen LogP contribution in [0.2, 0.25) is 0 Å². The molecule has 258 valence electrons. The van der Waals surface area contributed by atoms with Crippen molar-refractivity contribution >= 4 is 36.8 Å². The molecular weight excluding hydrogens is 665 g/mol. The second-order valence-electron chi connectivity index (χ2n) is 10.4. The fourth-order valence-corrected chi connectivity index (χ4v) is 6.91. The number of fused-ring (bicyclic) bond motifs is 2. The van der Waals surface area contributed by atoms with E-state index in [0.29, 0.717) is 47.7 Å². The van der Waals surface area contributed by atoms with Crippen LogP contribution in [-0.2, 0) is 34.4 Å². The molecule has 2 aliphatic rings. The lowest BCUT2D eigenvalue weighted by Crippen LogP contribution is -2.28. The van der Waals surface area contributed by atoms with E-state index in [1.165, 1.54) is 24.3 Å². The molecule has 17 heteroatoms. The zero-order valence-corrected chi connectivity index (χ0v) is 28.2. The second-order valence-corrected chi connectivity index (χ2v) is 13.5. The predicted octanol–water partition coefficient (Wildman–Crippen LogP) is 4.42. The van der Waals surface area contributed by atoms with E-state index in [9.17, 15) is 21.4 Å². The monoisotopic (exact) mass is 702 g/mol. The highest BCUT2D eigenvalue weighted by Crippen LogP contribution is 2.43. The molecule has 0 spiro atoms. The van der Waals surface area contributed by atoms with Crippen molar-refractivity contribution in [1.82, 2.24) is 4.72 Å². The summed E-state index contributed by atoms with van der Waals surface area (Å²) >= 11 is 0. The van der Waals surface area contributed by atoms with E-state index in [2.05, 4.69) is 19.6 Å². The molecule has 1 aliphatic heterocycles. The Hall–Kier alpha value is -4.06. The van der Waals surface area contributed by atoms with Gasteiger partial charge in [0, 0.05) is 71.0 Å². The van der Waals surface area contributed by atoms with Crippen LogP contribution in [0.15, 0.2) is 73.9 Å². The van der Waals surface area contributed by atoms with Gasteiger partial charge in [-0.2, -0.15) is 8.42 Å². The van der Waals surface area contributed by atoms with Gasteiger partial charge in [0.25, 0.3) is 10.1 Å². The average Bonchev–Trinajstić information content (AvgIpc) is 3.05. The van der Waals surface area contributed by atoms with Crippen LogP contribution in [-0.4, -0.2) is 87.2 Å². The van der Waals surface area contributed by atoms with E-state index in [0.717, 1.165) is 24.8 Å². The first-order valence-electron chi connectivity index (χ1n) is 15.2. The number of nitrogens with zero attached hydrogens (tertiary/aromatic N) is 4. The molecule has 0 amide bonds. The Morgan fingerprint density at radius 1 is 0.896 bits per heavy atom. The molecule has 0 saturated heterocycles. The summed E-state index contributed by atoms with van der Waals surface area (Å²) in [7, 11) is -9.12. The number of nitrogens with one attached hydrogen (secondary N) is 2. The van der Waals surface area contributed by atoms with Crippen LogP contribution in [0, 0.1) is 5.41 Å². The summed E-state index contributed by atoms with van der Waals surface area (Å²) in [6.45, 7) is 7.06. The van der Waals surface area contributed by atoms with E-state index in [1.54, 1.807) is 12.1 Å². The SMILES string of the molecule is CCN(CC)c1ccc2c(-c3ccc(S(=O)(=O)NCCOCCOCCOCCN=[N+]=[N-])cc3S(=O)(=O)O)c3ccc(=N)cc-3oc2c1. The smallest absolute Gasteiger partial charge is 0.295 e. The topological polar surface area (TPSA) is 217 Å². The Morgan fingerprint density at radius 3 is 2.23 bits per heavy atom. The Balaban J connectivity index is 1.55. The fourth-order valence-electron chi connectivity index (χ4n) is 5.07. The minimum atomic E-state index is -4.92. The molecule has 48 heavy (non-hydrogen) atoms. The van der Waals surface area contributed by atoms with Gasteiger partial charge >= 0.3 is 0 Å². The highest BCUT2D eigenvalue weighted by atomic mass is 32.2. The first-order valence-corrected chi connectivity index (χ1v) is 18.1. The van der Waals surface area contributed by atoms with Crippen molar-refractivity contribution in [3.8, 4) is 22.5 Å². The molecule has 2 aromatic rings. The number of hydrogen-bond acceptors (Lipinski definition) is 11. The van der Waals surface area contributed by atoms with Crippen LogP contribution < -0.4 is 15.0 Å². The van der Waals surface area contributed by atoms with E-state index < -0.39 is 25.0 Å². The standard InChI is InChI=1S/C31H38N6O9S2/c1-3-37(4-2)23-6-9-26-29(20-23)46-28-19-22(32)5-8-25(28)31(26)27-10-7-24(21-30(27)48(40,41)42)47(38,39)35-12-14-44-16-18-45-17-15-43-13-11-34-36-33/h5-10,19-21,32,35H,3-4,11-18H2,1-2H3,(H,40,41,42). The van der Waals surface area contributed by atoms with Crippen LogP contribution >= 0.6 is 0 Å². The highest BCUT2D eigenvalue weighted by molar-refractivity contribution is 7.89. The molecule has 3 N–H and O–H groups in total. The number of benzene rings is 3. The summed E-state index contributed by atoms with van der Waals surface area (Å²) in [6, 6.07) is 13.7. The molecule has 0 saturated carbocycles. The molecule has 0 unspecified atom stereocenters. The molecule has 15 nitrogen and oxygen atoms in total. The summed E-state index contributed by atoms with van der Waals surface area (Å²) in [5.74, 6) is 0.322. The van der Waals surface area contributed by atoms with Crippen molar-refractivity contribution in [3.63, 3.8) is 0 Å². The minimum absolute atomic E-state index is 0.0213. The summed E-state index contributed by atoms with van der Waals surface area (Å²) in [4.78, 5) is 3.77. The van der Waals surface area contributed by atoms with Gasteiger partial charge in [0.1, 0.15) is 16.2 Å². The average molecular weight is 703 g/mol. The normalized spacial score (nSPS) is 12.0. The van der Waals surface area contributed by atoms with Crippen molar-refractivity contribution in [2.24, 2.45) is 5.11 Å². The van der Waals surface area contributed by atoms with Gasteiger partial charge in [-0.05, 0) is 55.8 Å². The maximum Gasteiger partial charge on any atom is 0.295 e. The summed E-state index contributed by atoms with van der Waals surface area (Å²) in [6.07, 6.45) is 0. The van der Waals surface area contributed by atoms with Gasteiger partial charge in [0.15, 0.2) is 0 Å². The maximum absolute atomic E-state index is 13.1. The molecule has 0 radical (unpaired) electrons. The number of hydrogen-bond donors (Lipinski definition) is 3. The number of ether oxygens (including phenoxy) is 3. The van der Waals surface area contributed by atoms with E-state index in [4.69, 9.17) is 29.6 Å². The highest BCUT2D eigenvalue weighted by Gasteiger charge is 2.26. The van der Waals surface area contributed by atoms with Crippen LogP contribution in [0.5, 0.6) is 0 Å². The van der Waals surface area contributed by atoms with Gasteiger partial charge < -0.3 is 28.9 Å². The molecule has 1 aliphatic carbocycles. The first-order chi connectivity index (χ1) is 23.0. The third-order valence-electron chi connectivity index (χ3n) is 7.33. The molecule has 0 fully saturated rings. The van der Waals surface area contributed by atoms with Gasteiger partial charge in [-0.15, -0.1) is 0 Å². The van der Waals surface area contributed by atoms with Gasteiger partial charge in [-0.3, -0.25) is 4.55 Å². The van der Waals surface area contributed by atoms with E-state index in [1.807, 2.05) is 26.0 Å². The zero-order chi connectivity index (χ0) is 34.7. The van der Waals surface area contributed by atoms with Crippen LogP contribution in [0.4, 0.5) is 5.69 Å². The lowest BCUT2D eigenvalue weighted by molar-refractivity contribution is 0.0171. The predicted molar refractivity (Wildman–Crippen MR) is 179 cm³/mol. The maximum atomic E-state index is 13.1. The third-order valence-corrected chi connectivity index (χ3v) is 9.68. The molecule has 0 atom stereocenters. The summed E-state index contributed by atoms with van der Waals surface area (Å²) in [5.41, 5.74) is 10.5. The molecule has 2 aromatic carbocycles. The van der Waals surface area contributed by atoms with Crippen molar-refractivity contribution in [2.45, 2.75) is 23.6 Å². The second kappa shape index (κ2) is 16.9. The minimum Gasteiger partial charge on any atom is -0.456 e. The summed E-state index contributed by atoms with van der Waals surface area (Å²) in [5, 5.41) is 12.2. The Bertz CT molecular complexity index is 2010. The zero-order valence-electron chi connectivity index (χ0n) is 26.6. The van der Waals surface area contributed by atoms with Crippen molar-refractivity contribution in [2.75, 3.05) is 70.7 Å². The largest absolute Gasteiger partial charge is 0.456 e. The first kappa shape index (κ1) is 36.8. The number of sulfonamides is 1. The molecule has 0 bridgehead atoms. The third kappa shape index (κ3) is 9.30.